The molecule has 0 aromatic carbocycles. The van der Waals surface area contributed by atoms with Gasteiger partial charge in [-0.3, -0.25) is 4.79 Å². The standard InChI is InChI=1S/C13H24N2O3/c1-4-15(10-11(2)3)13(18)14-9-7-5-6-8-12(16)17/h2,4-10H2,1,3H3,(H,14,18)(H,16,17). The van der Waals surface area contributed by atoms with Crippen LogP contribution < -0.4 is 5.32 Å². The Morgan fingerprint density at radius 1 is 1.28 bits per heavy atom. The minimum atomic E-state index is -0.766. The lowest BCUT2D eigenvalue weighted by atomic mass is 10.2. The second-order valence-corrected chi connectivity index (χ2v) is 4.41. The Morgan fingerprint density at radius 2 is 1.94 bits per heavy atom. The largest absolute Gasteiger partial charge is 0.481 e. The predicted octanol–water partition coefficient (Wildman–Crippen LogP) is 2.24. The maximum atomic E-state index is 11.7. The van der Waals surface area contributed by atoms with Gasteiger partial charge in [-0.1, -0.05) is 18.6 Å². The number of amides is 2. The van der Waals surface area contributed by atoms with Gasteiger partial charge in [-0.15, -0.1) is 0 Å². The second-order valence-electron chi connectivity index (χ2n) is 4.41. The molecule has 0 aromatic heterocycles. The Morgan fingerprint density at radius 3 is 2.44 bits per heavy atom. The minimum Gasteiger partial charge on any atom is -0.481 e. The Kier molecular flexibility index (Phi) is 8.70. The Labute approximate surface area is 109 Å². The predicted molar refractivity (Wildman–Crippen MR) is 71.6 cm³/mol. The van der Waals surface area contributed by atoms with Crippen LogP contribution in [0.4, 0.5) is 4.79 Å². The number of carboxylic acid groups (broad SMARTS) is 1. The molecule has 2 N–H and O–H groups in total. The first-order chi connectivity index (χ1) is 8.47. The van der Waals surface area contributed by atoms with Crippen LogP contribution in [0.25, 0.3) is 0 Å². The van der Waals surface area contributed by atoms with Crippen LogP contribution in [0.1, 0.15) is 39.5 Å². The van der Waals surface area contributed by atoms with Crippen molar-refractivity contribution >= 4 is 12.0 Å². The molecular formula is C13H24N2O3. The number of carboxylic acids is 1. The van der Waals surface area contributed by atoms with Crippen LogP contribution >= 0.6 is 0 Å². The normalized spacial score (nSPS) is 9.89. The summed E-state index contributed by atoms with van der Waals surface area (Å²) in [5, 5.41) is 11.3. The van der Waals surface area contributed by atoms with E-state index in [1.807, 2.05) is 13.8 Å². The quantitative estimate of drug-likeness (QED) is 0.491. The molecule has 18 heavy (non-hydrogen) atoms. The zero-order valence-corrected chi connectivity index (χ0v) is 11.4. The number of nitrogens with one attached hydrogen (secondary N) is 1. The van der Waals surface area contributed by atoms with Gasteiger partial charge in [-0.25, -0.2) is 4.79 Å². The van der Waals surface area contributed by atoms with E-state index < -0.39 is 5.97 Å². The molecule has 0 unspecified atom stereocenters. The summed E-state index contributed by atoms with van der Waals surface area (Å²) in [6.07, 6.45) is 2.49. The molecule has 0 atom stereocenters. The van der Waals surface area contributed by atoms with Crippen molar-refractivity contribution in [3.63, 3.8) is 0 Å². The first-order valence-corrected chi connectivity index (χ1v) is 6.36. The van der Waals surface area contributed by atoms with Crippen LogP contribution in [0.15, 0.2) is 12.2 Å². The highest BCUT2D eigenvalue weighted by Gasteiger charge is 2.09. The van der Waals surface area contributed by atoms with Crippen LogP contribution in [-0.2, 0) is 4.79 Å². The number of likely N-dealkylation sites (N-methyl/N-ethyl adjacent to an activating group) is 1. The third kappa shape index (κ3) is 8.61. The highest BCUT2D eigenvalue weighted by atomic mass is 16.4. The van der Waals surface area contributed by atoms with Gasteiger partial charge in [0.1, 0.15) is 0 Å². The number of carbonyl (C=O) groups is 2. The molecule has 0 rings (SSSR count). The smallest absolute Gasteiger partial charge is 0.317 e. The van der Waals surface area contributed by atoms with Crippen LogP contribution in [0.5, 0.6) is 0 Å². The molecule has 0 aliphatic rings. The molecule has 5 heteroatoms. The summed E-state index contributed by atoms with van der Waals surface area (Å²) in [4.78, 5) is 23.7. The highest BCUT2D eigenvalue weighted by Crippen LogP contribution is 2.00. The topological polar surface area (TPSA) is 69.6 Å². The molecule has 0 bridgehead atoms. The average Bonchev–Trinajstić information content (AvgIpc) is 2.29. The van der Waals surface area contributed by atoms with Crippen molar-refractivity contribution in [2.24, 2.45) is 0 Å². The van der Waals surface area contributed by atoms with E-state index in [1.165, 1.54) is 0 Å². The van der Waals surface area contributed by atoms with E-state index in [1.54, 1.807) is 4.90 Å². The first-order valence-electron chi connectivity index (χ1n) is 6.36. The monoisotopic (exact) mass is 256 g/mol. The fourth-order valence-electron chi connectivity index (χ4n) is 1.54. The molecular weight excluding hydrogens is 232 g/mol. The number of carbonyl (C=O) groups excluding carboxylic acids is 1. The maximum absolute atomic E-state index is 11.7. The molecule has 0 radical (unpaired) electrons. The third-order valence-corrected chi connectivity index (χ3v) is 2.47. The highest BCUT2D eigenvalue weighted by molar-refractivity contribution is 5.74. The molecule has 104 valence electrons. The van der Waals surface area contributed by atoms with Crippen LogP contribution in [0.3, 0.4) is 0 Å². The Hall–Kier alpha value is -1.52. The number of hydrogen-bond acceptors (Lipinski definition) is 2. The zero-order valence-electron chi connectivity index (χ0n) is 11.4. The van der Waals surface area contributed by atoms with Crippen molar-refractivity contribution in [3.8, 4) is 0 Å². The number of rotatable bonds is 9. The Bertz CT molecular complexity index is 290. The number of aliphatic carboxylic acids is 1. The first kappa shape index (κ1) is 16.5. The zero-order chi connectivity index (χ0) is 14.0. The molecule has 0 aromatic rings. The van der Waals surface area contributed by atoms with Gasteiger partial charge >= 0.3 is 12.0 Å². The Balaban J connectivity index is 3.68. The van der Waals surface area contributed by atoms with Gasteiger partial charge in [0.2, 0.25) is 0 Å². The van der Waals surface area contributed by atoms with Crippen molar-refractivity contribution in [3.05, 3.63) is 12.2 Å². The summed E-state index contributed by atoms with van der Waals surface area (Å²) in [5.41, 5.74) is 0.952. The summed E-state index contributed by atoms with van der Waals surface area (Å²) >= 11 is 0. The van der Waals surface area contributed by atoms with Gasteiger partial charge in [-0.05, 0) is 26.7 Å². The van der Waals surface area contributed by atoms with Gasteiger partial charge in [0.15, 0.2) is 0 Å². The molecule has 0 aliphatic heterocycles. The van der Waals surface area contributed by atoms with Crippen molar-refractivity contribution in [2.45, 2.75) is 39.5 Å². The number of unbranched alkanes of at least 4 members (excludes halogenated alkanes) is 2. The van der Waals surface area contributed by atoms with Crippen molar-refractivity contribution in [1.82, 2.24) is 10.2 Å². The number of nitrogens with zero attached hydrogens (tertiary/aromatic N) is 1. The molecule has 0 saturated heterocycles. The van der Waals surface area contributed by atoms with Crippen LogP contribution in [-0.4, -0.2) is 41.6 Å². The van der Waals surface area contributed by atoms with Crippen LogP contribution in [0, 0.1) is 0 Å². The van der Waals surface area contributed by atoms with Gasteiger partial charge in [0, 0.05) is 26.1 Å². The van der Waals surface area contributed by atoms with E-state index in [4.69, 9.17) is 5.11 Å². The average molecular weight is 256 g/mol. The molecule has 0 heterocycles. The fourth-order valence-corrected chi connectivity index (χ4v) is 1.54. The summed E-state index contributed by atoms with van der Waals surface area (Å²) in [7, 11) is 0. The molecule has 0 saturated carbocycles. The van der Waals surface area contributed by atoms with E-state index in [9.17, 15) is 9.59 Å². The van der Waals surface area contributed by atoms with E-state index in [0.29, 0.717) is 26.1 Å². The lowest BCUT2D eigenvalue weighted by Gasteiger charge is -2.21. The van der Waals surface area contributed by atoms with Crippen molar-refractivity contribution in [2.75, 3.05) is 19.6 Å². The molecule has 0 fully saturated rings. The molecule has 5 nitrogen and oxygen atoms in total. The SMILES string of the molecule is C=C(C)CN(CC)C(=O)NCCCCCC(=O)O. The summed E-state index contributed by atoms with van der Waals surface area (Å²) in [6, 6.07) is -0.0845. The van der Waals surface area contributed by atoms with E-state index in [-0.39, 0.29) is 12.5 Å². The van der Waals surface area contributed by atoms with Crippen LogP contribution in [0.2, 0.25) is 0 Å². The maximum Gasteiger partial charge on any atom is 0.317 e. The number of urea groups is 1. The minimum absolute atomic E-state index is 0.0845. The molecule has 0 aliphatic carbocycles. The summed E-state index contributed by atoms with van der Waals surface area (Å²) < 4.78 is 0. The number of hydrogen-bond donors (Lipinski definition) is 2. The van der Waals surface area contributed by atoms with E-state index >= 15 is 0 Å². The second kappa shape index (κ2) is 9.50. The fraction of sp³-hybridized carbons (Fsp3) is 0.692. The molecule has 0 spiro atoms. The van der Waals surface area contributed by atoms with E-state index in [0.717, 1.165) is 18.4 Å². The summed E-state index contributed by atoms with van der Waals surface area (Å²) in [6.45, 7) is 9.41. The third-order valence-electron chi connectivity index (χ3n) is 2.47. The van der Waals surface area contributed by atoms with Gasteiger partial charge < -0.3 is 15.3 Å². The molecule has 2 amide bonds. The summed E-state index contributed by atoms with van der Waals surface area (Å²) in [5.74, 6) is -0.766. The van der Waals surface area contributed by atoms with Crippen molar-refractivity contribution < 1.29 is 14.7 Å². The van der Waals surface area contributed by atoms with Crippen molar-refractivity contribution in [1.29, 1.82) is 0 Å². The van der Waals surface area contributed by atoms with Gasteiger partial charge in [0.05, 0.1) is 0 Å². The lowest BCUT2D eigenvalue weighted by molar-refractivity contribution is -0.137. The van der Waals surface area contributed by atoms with Gasteiger partial charge in [0.25, 0.3) is 0 Å². The lowest BCUT2D eigenvalue weighted by Crippen LogP contribution is -2.41. The van der Waals surface area contributed by atoms with E-state index in [2.05, 4.69) is 11.9 Å². The van der Waals surface area contributed by atoms with Gasteiger partial charge in [-0.2, -0.15) is 0 Å².